The van der Waals surface area contributed by atoms with Gasteiger partial charge in [-0.1, -0.05) is 30.3 Å². The van der Waals surface area contributed by atoms with E-state index in [-0.39, 0.29) is 17.3 Å². The van der Waals surface area contributed by atoms with E-state index in [4.69, 9.17) is 0 Å². The minimum atomic E-state index is -1.02. The molecule has 0 aliphatic carbocycles. The lowest BCUT2D eigenvalue weighted by Crippen LogP contribution is -2.17. The summed E-state index contributed by atoms with van der Waals surface area (Å²) < 4.78 is 3.16. The summed E-state index contributed by atoms with van der Waals surface area (Å²) in [4.78, 5) is 32.7. The number of hydrogen-bond donors (Lipinski definition) is 2. The zero-order chi connectivity index (χ0) is 21.4. The molecule has 8 nitrogen and oxygen atoms in total. The van der Waals surface area contributed by atoms with Crippen LogP contribution in [-0.4, -0.2) is 30.2 Å². The molecule has 0 saturated heterocycles. The Morgan fingerprint density at radius 1 is 1.13 bits per heavy atom. The largest absolute Gasteiger partial charge is 0.477 e. The summed E-state index contributed by atoms with van der Waals surface area (Å²) in [5.74, 6) is -0.730. The lowest BCUT2D eigenvalue weighted by atomic mass is 10.1. The molecule has 152 valence electrons. The van der Waals surface area contributed by atoms with Gasteiger partial charge in [0.25, 0.3) is 5.56 Å². The molecule has 0 bridgehead atoms. The molecule has 30 heavy (non-hydrogen) atoms. The molecule has 3 aromatic heterocycles. The monoisotopic (exact) mass is 403 g/mol. The highest BCUT2D eigenvalue weighted by Gasteiger charge is 2.19. The van der Waals surface area contributed by atoms with Crippen LogP contribution in [0, 0.1) is 6.92 Å². The lowest BCUT2D eigenvalue weighted by molar-refractivity contribution is 0.0684. The normalized spacial score (nSPS) is 12.1. The highest BCUT2D eigenvalue weighted by atomic mass is 16.4. The van der Waals surface area contributed by atoms with Crippen molar-refractivity contribution in [2.45, 2.75) is 19.9 Å². The predicted molar refractivity (Wildman–Crippen MR) is 114 cm³/mol. The molecule has 0 radical (unpaired) electrons. The number of carbonyl (C=O) groups is 1. The Morgan fingerprint density at radius 2 is 1.87 bits per heavy atom. The van der Waals surface area contributed by atoms with Crippen molar-refractivity contribution in [2.24, 2.45) is 7.05 Å². The van der Waals surface area contributed by atoms with Gasteiger partial charge in [-0.3, -0.25) is 9.36 Å². The minimum Gasteiger partial charge on any atom is -0.477 e. The second-order valence-electron chi connectivity index (χ2n) is 7.14. The predicted octanol–water partition coefficient (Wildman–Crippen LogP) is 3.49. The first-order chi connectivity index (χ1) is 14.3. The number of benzene rings is 1. The van der Waals surface area contributed by atoms with Crippen LogP contribution in [-0.2, 0) is 7.05 Å². The highest BCUT2D eigenvalue weighted by molar-refractivity contribution is 5.88. The van der Waals surface area contributed by atoms with Crippen molar-refractivity contribution in [2.75, 3.05) is 5.32 Å². The molecular formula is C22H21N5O3. The number of aromatic nitrogens is 4. The standard InChI is InChI=1S/C22H21N5O3/c1-13-17-9-10-19(28)26(3)20(17)25-22(23-13)24-16-11-18(21(29)30)27(12-16)14(2)15-7-5-4-6-8-15/h4-12,14H,1-3H3,(H,29,30)(H,23,24,25). The molecule has 0 spiro atoms. The number of fused-ring (bicyclic) bond motifs is 1. The SMILES string of the molecule is Cc1nc(Nc2cc(C(=O)O)n(C(C)c3ccccc3)c2)nc2c1ccc(=O)n2C. The van der Waals surface area contributed by atoms with Gasteiger partial charge in [0.05, 0.1) is 17.4 Å². The first kappa shape index (κ1) is 19.4. The number of aryl methyl sites for hydroxylation is 2. The van der Waals surface area contributed by atoms with E-state index in [0.29, 0.717) is 23.0 Å². The van der Waals surface area contributed by atoms with Crippen LogP contribution in [0.25, 0.3) is 11.0 Å². The zero-order valence-electron chi connectivity index (χ0n) is 16.8. The molecule has 3 heterocycles. The Hall–Kier alpha value is -3.94. The quantitative estimate of drug-likeness (QED) is 0.529. The zero-order valence-corrected chi connectivity index (χ0v) is 16.8. The number of carboxylic acid groups (broad SMARTS) is 1. The van der Waals surface area contributed by atoms with E-state index >= 15 is 0 Å². The summed E-state index contributed by atoms with van der Waals surface area (Å²) in [7, 11) is 1.65. The average molecular weight is 403 g/mol. The first-order valence-electron chi connectivity index (χ1n) is 9.46. The summed E-state index contributed by atoms with van der Waals surface area (Å²) in [6.45, 7) is 3.78. The summed E-state index contributed by atoms with van der Waals surface area (Å²) in [6, 6.07) is 14.2. The third-order valence-electron chi connectivity index (χ3n) is 5.18. The van der Waals surface area contributed by atoms with Gasteiger partial charge in [0, 0.05) is 24.7 Å². The molecule has 0 saturated carbocycles. The molecule has 8 heteroatoms. The van der Waals surface area contributed by atoms with Crippen LogP contribution in [0.5, 0.6) is 0 Å². The van der Waals surface area contributed by atoms with E-state index < -0.39 is 5.97 Å². The third kappa shape index (κ3) is 3.43. The fraction of sp³-hybridized carbons (Fsp3) is 0.182. The van der Waals surface area contributed by atoms with Crippen molar-refractivity contribution in [1.82, 2.24) is 19.1 Å². The number of rotatable bonds is 5. The third-order valence-corrected chi connectivity index (χ3v) is 5.18. The summed E-state index contributed by atoms with van der Waals surface area (Å²) in [6.07, 6.45) is 1.73. The van der Waals surface area contributed by atoms with E-state index in [0.717, 1.165) is 10.9 Å². The molecular weight excluding hydrogens is 382 g/mol. The highest BCUT2D eigenvalue weighted by Crippen LogP contribution is 2.26. The van der Waals surface area contributed by atoms with Gasteiger partial charge in [-0.15, -0.1) is 0 Å². The van der Waals surface area contributed by atoms with Crippen molar-refractivity contribution in [3.05, 3.63) is 82.0 Å². The van der Waals surface area contributed by atoms with Gasteiger partial charge >= 0.3 is 5.97 Å². The number of aromatic carboxylic acids is 1. The van der Waals surface area contributed by atoms with Gasteiger partial charge in [0.1, 0.15) is 11.3 Å². The number of hydrogen-bond acceptors (Lipinski definition) is 5. The van der Waals surface area contributed by atoms with Gasteiger partial charge < -0.3 is 15.0 Å². The summed E-state index contributed by atoms with van der Waals surface area (Å²) in [5.41, 5.74) is 2.76. The van der Waals surface area contributed by atoms with Crippen molar-refractivity contribution in [1.29, 1.82) is 0 Å². The van der Waals surface area contributed by atoms with E-state index in [9.17, 15) is 14.7 Å². The topological polar surface area (TPSA) is 102 Å². The maximum atomic E-state index is 12.0. The minimum absolute atomic E-state index is 0.152. The van der Waals surface area contributed by atoms with Gasteiger partial charge in [0.15, 0.2) is 0 Å². The lowest BCUT2D eigenvalue weighted by Gasteiger charge is -2.16. The number of pyridine rings is 1. The second-order valence-corrected chi connectivity index (χ2v) is 7.14. The summed E-state index contributed by atoms with van der Waals surface area (Å²) >= 11 is 0. The van der Waals surface area contributed by atoms with Crippen LogP contribution in [0.4, 0.5) is 11.6 Å². The maximum Gasteiger partial charge on any atom is 0.352 e. The van der Waals surface area contributed by atoms with Gasteiger partial charge in [-0.05, 0) is 31.5 Å². The van der Waals surface area contributed by atoms with Crippen LogP contribution in [0.2, 0.25) is 0 Å². The Kier molecular flexibility index (Phi) is 4.83. The molecule has 2 N–H and O–H groups in total. The van der Waals surface area contributed by atoms with Crippen molar-refractivity contribution >= 4 is 28.6 Å². The first-order valence-corrected chi connectivity index (χ1v) is 9.46. The van der Waals surface area contributed by atoms with Crippen LogP contribution in [0.1, 0.15) is 34.7 Å². The van der Waals surface area contributed by atoms with Crippen molar-refractivity contribution in [3.63, 3.8) is 0 Å². The van der Waals surface area contributed by atoms with E-state index in [1.54, 1.807) is 29.9 Å². The van der Waals surface area contributed by atoms with Gasteiger partial charge in [-0.2, -0.15) is 4.98 Å². The van der Waals surface area contributed by atoms with Crippen LogP contribution in [0.15, 0.2) is 59.5 Å². The van der Waals surface area contributed by atoms with Gasteiger partial charge in [0.2, 0.25) is 5.95 Å². The molecule has 4 rings (SSSR count). The molecule has 0 aliphatic heterocycles. The molecule has 4 aromatic rings. The Labute approximate surface area is 172 Å². The number of anilines is 2. The van der Waals surface area contributed by atoms with Crippen LogP contribution in [0.3, 0.4) is 0 Å². The number of nitrogens with one attached hydrogen (secondary N) is 1. The molecule has 0 aliphatic rings. The van der Waals surface area contributed by atoms with Crippen molar-refractivity contribution < 1.29 is 9.90 Å². The Morgan fingerprint density at radius 3 is 2.57 bits per heavy atom. The molecule has 0 fully saturated rings. The van der Waals surface area contributed by atoms with Crippen molar-refractivity contribution in [3.8, 4) is 0 Å². The van der Waals surface area contributed by atoms with E-state index in [1.807, 2.05) is 44.2 Å². The fourth-order valence-electron chi connectivity index (χ4n) is 3.50. The number of nitrogens with zero attached hydrogens (tertiary/aromatic N) is 4. The average Bonchev–Trinajstić information content (AvgIpc) is 3.15. The smallest absolute Gasteiger partial charge is 0.352 e. The molecule has 1 aromatic carbocycles. The van der Waals surface area contributed by atoms with Crippen LogP contribution < -0.4 is 10.9 Å². The maximum absolute atomic E-state index is 12.0. The molecule has 1 atom stereocenters. The number of carboxylic acids is 1. The molecule has 1 unspecified atom stereocenters. The second kappa shape index (κ2) is 7.47. The Bertz CT molecular complexity index is 1310. The van der Waals surface area contributed by atoms with E-state index in [2.05, 4.69) is 15.3 Å². The fourth-order valence-corrected chi connectivity index (χ4v) is 3.50. The van der Waals surface area contributed by atoms with Gasteiger partial charge in [-0.25, -0.2) is 9.78 Å². The molecule has 0 amide bonds. The van der Waals surface area contributed by atoms with E-state index in [1.165, 1.54) is 10.6 Å². The van der Waals surface area contributed by atoms with Crippen LogP contribution >= 0.6 is 0 Å². The Balaban J connectivity index is 1.75. The summed E-state index contributed by atoms with van der Waals surface area (Å²) in [5, 5.41) is 13.5.